The number of benzene rings is 1. The van der Waals surface area contributed by atoms with E-state index in [4.69, 9.17) is 5.11 Å². The number of anilines is 1. The van der Waals surface area contributed by atoms with Crippen LogP contribution in [0.25, 0.3) is 0 Å². The lowest BCUT2D eigenvalue weighted by Crippen LogP contribution is -2.30. The standard InChI is InChI=1S/C12H15F3N2O3/c1-8(18)6-7-16-11(19)17-9-2-4-10(5-3-9)20-12(13,14)15/h2-5,8,18H,6-7H2,1H3,(H2,16,17,19). The van der Waals surface area contributed by atoms with Crippen LogP contribution in [-0.4, -0.2) is 30.1 Å². The van der Waals surface area contributed by atoms with Crippen molar-refractivity contribution < 1.29 is 27.8 Å². The van der Waals surface area contributed by atoms with Crippen molar-refractivity contribution in [2.75, 3.05) is 11.9 Å². The second-order valence-electron chi connectivity index (χ2n) is 4.09. The summed E-state index contributed by atoms with van der Waals surface area (Å²) in [6, 6.07) is 4.26. The first-order valence-corrected chi connectivity index (χ1v) is 5.85. The normalized spacial score (nSPS) is 12.7. The molecule has 0 aliphatic carbocycles. The maximum Gasteiger partial charge on any atom is 0.573 e. The minimum atomic E-state index is -4.74. The van der Waals surface area contributed by atoms with E-state index < -0.39 is 18.5 Å². The van der Waals surface area contributed by atoms with E-state index in [1.54, 1.807) is 6.92 Å². The molecule has 0 saturated carbocycles. The zero-order valence-corrected chi connectivity index (χ0v) is 10.7. The fourth-order valence-electron chi connectivity index (χ4n) is 1.31. The summed E-state index contributed by atoms with van der Waals surface area (Å²) >= 11 is 0. The number of hydrogen-bond donors (Lipinski definition) is 3. The summed E-state index contributed by atoms with van der Waals surface area (Å²) in [5.74, 6) is -0.363. The van der Waals surface area contributed by atoms with Crippen LogP contribution in [0.1, 0.15) is 13.3 Å². The van der Waals surface area contributed by atoms with Crippen molar-refractivity contribution in [1.82, 2.24) is 5.32 Å². The predicted octanol–water partition coefficient (Wildman–Crippen LogP) is 2.48. The molecule has 8 heteroatoms. The van der Waals surface area contributed by atoms with E-state index in [1.807, 2.05) is 0 Å². The zero-order chi connectivity index (χ0) is 15.2. The molecule has 112 valence electrons. The van der Waals surface area contributed by atoms with Crippen molar-refractivity contribution >= 4 is 11.7 Å². The first-order valence-electron chi connectivity index (χ1n) is 5.85. The minimum Gasteiger partial charge on any atom is -0.406 e. The number of carbonyl (C=O) groups excluding carboxylic acids is 1. The quantitative estimate of drug-likeness (QED) is 0.781. The van der Waals surface area contributed by atoms with E-state index >= 15 is 0 Å². The van der Waals surface area contributed by atoms with Gasteiger partial charge < -0.3 is 20.5 Å². The Morgan fingerprint density at radius 2 is 1.95 bits per heavy atom. The van der Waals surface area contributed by atoms with Gasteiger partial charge in [-0.1, -0.05) is 0 Å². The van der Waals surface area contributed by atoms with Crippen molar-refractivity contribution in [2.24, 2.45) is 0 Å². The number of carbonyl (C=O) groups is 1. The number of hydrogen-bond acceptors (Lipinski definition) is 3. The second kappa shape index (κ2) is 6.99. The van der Waals surface area contributed by atoms with Crippen LogP contribution in [-0.2, 0) is 0 Å². The lowest BCUT2D eigenvalue weighted by Gasteiger charge is -2.11. The SMILES string of the molecule is CC(O)CCNC(=O)Nc1ccc(OC(F)(F)F)cc1. The third-order valence-corrected chi connectivity index (χ3v) is 2.19. The lowest BCUT2D eigenvalue weighted by atomic mass is 10.3. The van der Waals surface area contributed by atoms with E-state index in [1.165, 1.54) is 12.1 Å². The summed E-state index contributed by atoms with van der Waals surface area (Å²) < 4.78 is 39.5. The van der Waals surface area contributed by atoms with Crippen LogP contribution >= 0.6 is 0 Å². The number of halogens is 3. The van der Waals surface area contributed by atoms with Gasteiger partial charge in [0, 0.05) is 12.2 Å². The van der Waals surface area contributed by atoms with Crippen molar-refractivity contribution in [3.8, 4) is 5.75 Å². The smallest absolute Gasteiger partial charge is 0.406 e. The van der Waals surface area contributed by atoms with Gasteiger partial charge in [0.05, 0.1) is 6.10 Å². The first kappa shape index (κ1) is 16.1. The van der Waals surface area contributed by atoms with Gasteiger partial charge in [-0.15, -0.1) is 13.2 Å². The molecular formula is C12H15F3N2O3. The summed E-state index contributed by atoms with van der Waals surface area (Å²) in [6.07, 6.45) is -4.85. The number of nitrogens with one attached hydrogen (secondary N) is 2. The highest BCUT2D eigenvalue weighted by Gasteiger charge is 2.30. The number of urea groups is 1. The van der Waals surface area contributed by atoms with Gasteiger partial charge in [0.2, 0.25) is 0 Å². The van der Waals surface area contributed by atoms with Crippen LogP contribution in [0.3, 0.4) is 0 Å². The highest BCUT2D eigenvalue weighted by atomic mass is 19.4. The molecule has 20 heavy (non-hydrogen) atoms. The maximum atomic E-state index is 11.9. The van der Waals surface area contributed by atoms with E-state index in [2.05, 4.69) is 15.4 Å². The van der Waals surface area contributed by atoms with Crippen LogP contribution in [0, 0.1) is 0 Å². The Bertz CT molecular complexity index is 433. The van der Waals surface area contributed by atoms with Crippen molar-refractivity contribution in [3.05, 3.63) is 24.3 Å². The summed E-state index contributed by atoms with van der Waals surface area (Å²) in [5, 5.41) is 13.9. The Kier molecular flexibility index (Phi) is 5.63. The number of alkyl halides is 3. The molecule has 0 spiro atoms. The topological polar surface area (TPSA) is 70.6 Å². The van der Waals surface area contributed by atoms with Crippen LogP contribution in [0.2, 0.25) is 0 Å². The molecule has 0 aliphatic rings. The highest BCUT2D eigenvalue weighted by Crippen LogP contribution is 2.23. The molecule has 1 aromatic rings. The minimum absolute atomic E-state index is 0.290. The van der Waals surface area contributed by atoms with Crippen LogP contribution in [0.5, 0.6) is 5.75 Å². The summed E-state index contributed by atoms with van der Waals surface area (Å²) in [7, 11) is 0. The number of ether oxygens (including phenoxy) is 1. The molecule has 0 saturated heterocycles. The molecular weight excluding hydrogens is 277 g/mol. The molecule has 1 rings (SSSR count). The Labute approximate surface area is 113 Å². The number of rotatable bonds is 5. The molecule has 5 nitrogen and oxygen atoms in total. The zero-order valence-electron chi connectivity index (χ0n) is 10.7. The molecule has 1 unspecified atom stereocenters. The average Bonchev–Trinajstić information content (AvgIpc) is 2.29. The monoisotopic (exact) mass is 292 g/mol. The fraction of sp³-hybridized carbons (Fsp3) is 0.417. The van der Waals surface area contributed by atoms with Gasteiger partial charge in [0.1, 0.15) is 5.75 Å². The second-order valence-corrected chi connectivity index (χ2v) is 4.09. The summed E-state index contributed by atoms with van der Waals surface area (Å²) in [6.45, 7) is 1.89. The molecule has 0 aromatic heterocycles. The highest BCUT2D eigenvalue weighted by molar-refractivity contribution is 5.89. The largest absolute Gasteiger partial charge is 0.573 e. The van der Waals surface area contributed by atoms with Crippen LogP contribution < -0.4 is 15.4 Å². The molecule has 0 fully saturated rings. The molecule has 1 atom stereocenters. The molecule has 2 amide bonds. The van der Waals surface area contributed by atoms with E-state index in [-0.39, 0.29) is 5.75 Å². The fourth-order valence-corrected chi connectivity index (χ4v) is 1.31. The van der Waals surface area contributed by atoms with Gasteiger partial charge in [0.25, 0.3) is 0 Å². The van der Waals surface area contributed by atoms with Gasteiger partial charge in [0.15, 0.2) is 0 Å². The molecule has 1 aromatic carbocycles. The van der Waals surface area contributed by atoms with Gasteiger partial charge in [-0.05, 0) is 37.6 Å². The third kappa shape index (κ3) is 6.83. The van der Waals surface area contributed by atoms with E-state index in [9.17, 15) is 18.0 Å². The van der Waals surface area contributed by atoms with E-state index in [0.29, 0.717) is 18.7 Å². The lowest BCUT2D eigenvalue weighted by molar-refractivity contribution is -0.274. The van der Waals surface area contributed by atoms with Crippen molar-refractivity contribution in [2.45, 2.75) is 25.8 Å². The summed E-state index contributed by atoms with van der Waals surface area (Å²) in [5.41, 5.74) is 0.328. The van der Waals surface area contributed by atoms with Gasteiger partial charge >= 0.3 is 12.4 Å². The summed E-state index contributed by atoms with van der Waals surface area (Å²) in [4.78, 5) is 11.4. The first-order chi connectivity index (χ1) is 9.26. The Morgan fingerprint density at radius 1 is 1.35 bits per heavy atom. The van der Waals surface area contributed by atoms with Gasteiger partial charge in [-0.25, -0.2) is 4.79 Å². The van der Waals surface area contributed by atoms with Crippen molar-refractivity contribution in [3.63, 3.8) is 0 Å². The number of aliphatic hydroxyl groups excluding tert-OH is 1. The van der Waals surface area contributed by atoms with Crippen LogP contribution in [0.4, 0.5) is 23.7 Å². The molecule has 0 aliphatic heterocycles. The number of aliphatic hydroxyl groups is 1. The molecule has 0 heterocycles. The van der Waals surface area contributed by atoms with Crippen LogP contribution in [0.15, 0.2) is 24.3 Å². The number of amides is 2. The molecule has 3 N–H and O–H groups in total. The van der Waals surface area contributed by atoms with E-state index in [0.717, 1.165) is 12.1 Å². The average molecular weight is 292 g/mol. The van der Waals surface area contributed by atoms with Crippen molar-refractivity contribution in [1.29, 1.82) is 0 Å². The predicted molar refractivity (Wildman–Crippen MR) is 66.4 cm³/mol. The van der Waals surface area contributed by atoms with Gasteiger partial charge in [-0.2, -0.15) is 0 Å². The third-order valence-electron chi connectivity index (χ3n) is 2.19. The Hall–Kier alpha value is -1.96. The Balaban J connectivity index is 2.43. The Morgan fingerprint density at radius 3 is 2.45 bits per heavy atom. The maximum absolute atomic E-state index is 11.9. The molecule has 0 bridgehead atoms. The van der Waals surface area contributed by atoms with Gasteiger partial charge in [-0.3, -0.25) is 0 Å². The molecule has 0 radical (unpaired) electrons.